The lowest BCUT2D eigenvalue weighted by atomic mass is 9.93. The fourth-order valence-corrected chi connectivity index (χ4v) is 6.15. The molecular weight excluding hydrogens is 472 g/mol. The topological polar surface area (TPSA) is 94.5 Å². The summed E-state index contributed by atoms with van der Waals surface area (Å²) >= 11 is 0. The van der Waals surface area contributed by atoms with Crippen molar-refractivity contribution in [3.8, 4) is 0 Å². The Labute approximate surface area is 215 Å². The summed E-state index contributed by atoms with van der Waals surface area (Å²) in [4.78, 5) is 18.5. The maximum Gasteiger partial charge on any atom is 0.227 e. The van der Waals surface area contributed by atoms with Gasteiger partial charge >= 0.3 is 0 Å². The zero-order valence-corrected chi connectivity index (χ0v) is 22.2. The maximum absolute atomic E-state index is 11.6. The first-order valence-corrected chi connectivity index (χ1v) is 14.6. The number of fused-ring (bicyclic) bond motifs is 1. The third-order valence-electron chi connectivity index (χ3n) is 7.18. The molecule has 2 aliphatic heterocycles. The number of anilines is 4. The molecule has 4 heterocycles. The fraction of sp³-hybridized carbons (Fsp3) is 0.519. The van der Waals surface area contributed by atoms with E-state index in [1.54, 1.807) is 12.5 Å². The van der Waals surface area contributed by atoms with Gasteiger partial charge in [0.1, 0.15) is 11.6 Å². The van der Waals surface area contributed by atoms with Crippen LogP contribution in [0.3, 0.4) is 0 Å². The van der Waals surface area contributed by atoms with Gasteiger partial charge in [0.25, 0.3) is 0 Å². The molecule has 5 rings (SSSR count). The number of nitrogens with zero attached hydrogens (tertiary/aromatic N) is 5. The van der Waals surface area contributed by atoms with Crippen LogP contribution in [0.25, 0.3) is 10.8 Å². The third-order valence-corrected chi connectivity index (χ3v) is 8.12. The van der Waals surface area contributed by atoms with Crippen LogP contribution in [0.2, 0.25) is 0 Å². The fourth-order valence-electron chi connectivity index (χ4n) is 5.28. The quantitative estimate of drug-likeness (QED) is 0.494. The summed E-state index contributed by atoms with van der Waals surface area (Å²) in [5, 5.41) is 15.7. The number of hydrogen-bond donors (Lipinski definition) is 2. The average Bonchev–Trinajstić information content (AvgIpc) is 3.05. The minimum Gasteiger partial charge on any atom is -0.393 e. The van der Waals surface area contributed by atoms with E-state index in [-0.39, 0.29) is 6.10 Å². The van der Waals surface area contributed by atoms with Gasteiger partial charge in [0.05, 0.1) is 6.10 Å². The Morgan fingerprint density at radius 2 is 1.92 bits per heavy atom. The zero-order valence-electron chi connectivity index (χ0n) is 21.4. The number of rotatable bonds is 7. The summed E-state index contributed by atoms with van der Waals surface area (Å²) < 4.78 is 11.6. The molecule has 0 bridgehead atoms. The zero-order chi connectivity index (χ0) is 25.2. The predicted octanol–water partition coefficient (Wildman–Crippen LogP) is 4.06. The maximum atomic E-state index is 11.6. The molecule has 2 unspecified atom stereocenters. The number of nitrogens with one attached hydrogen (secondary N) is 1. The van der Waals surface area contributed by atoms with Crippen LogP contribution >= 0.6 is 0 Å². The molecule has 0 aliphatic carbocycles. The highest BCUT2D eigenvalue weighted by molar-refractivity contribution is 7.84. The Balaban J connectivity index is 1.39. The number of benzene rings is 1. The molecule has 0 radical (unpaired) electrons. The Morgan fingerprint density at radius 1 is 1.08 bits per heavy atom. The summed E-state index contributed by atoms with van der Waals surface area (Å²) in [7, 11) is -0.753. The number of aromatic nitrogens is 3. The normalized spacial score (nSPS) is 19.9. The van der Waals surface area contributed by atoms with Crippen LogP contribution in [0.1, 0.15) is 44.6 Å². The number of pyridine rings is 1. The lowest BCUT2D eigenvalue weighted by Gasteiger charge is -2.41. The van der Waals surface area contributed by atoms with Gasteiger partial charge < -0.3 is 20.2 Å². The first-order valence-electron chi connectivity index (χ1n) is 12.9. The highest BCUT2D eigenvalue weighted by atomic mass is 32.2. The molecule has 192 valence electrons. The molecule has 0 amide bonds. The molecule has 0 spiro atoms. The monoisotopic (exact) mass is 508 g/mol. The van der Waals surface area contributed by atoms with E-state index in [4.69, 9.17) is 9.97 Å². The average molecular weight is 509 g/mol. The van der Waals surface area contributed by atoms with Gasteiger partial charge in [-0.15, -0.1) is 0 Å². The van der Waals surface area contributed by atoms with E-state index >= 15 is 0 Å². The van der Waals surface area contributed by atoms with E-state index in [1.807, 2.05) is 12.3 Å². The largest absolute Gasteiger partial charge is 0.393 e. The van der Waals surface area contributed by atoms with Crippen molar-refractivity contribution in [2.24, 2.45) is 5.92 Å². The molecule has 8 nitrogen and oxygen atoms in total. The molecule has 36 heavy (non-hydrogen) atoms. The van der Waals surface area contributed by atoms with Gasteiger partial charge in [-0.2, -0.15) is 4.98 Å². The van der Waals surface area contributed by atoms with Crippen LogP contribution < -0.4 is 15.1 Å². The van der Waals surface area contributed by atoms with Crippen molar-refractivity contribution in [1.82, 2.24) is 15.0 Å². The molecule has 9 heteroatoms. The Morgan fingerprint density at radius 3 is 2.69 bits per heavy atom. The highest BCUT2D eigenvalue weighted by Gasteiger charge is 2.29. The van der Waals surface area contributed by atoms with Crippen LogP contribution in [0.4, 0.5) is 23.3 Å². The van der Waals surface area contributed by atoms with Crippen molar-refractivity contribution in [1.29, 1.82) is 0 Å². The molecule has 2 N–H and O–H groups in total. The van der Waals surface area contributed by atoms with Crippen molar-refractivity contribution in [2.75, 3.05) is 53.3 Å². The van der Waals surface area contributed by atoms with Crippen molar-refractivity contribution in [3.63, 3.8) is 0 Å². The van der Waals surface area contributed by atoms with Crippen molar-refractivity contribution >= 4 is 44.8 Å². The number of aliphatic hydroxyl groups is 1. The molecule has 2 fully saturated rings. The smallest absolute Gasteiger partial charge is 0.227 e. The van der Waals surface area contributed by atoms with Crippen molar-refractivity contribution in [3.05, 3.63) is 42.2 Å². The molecule has 2 aliphatic rings. The molecule has 2 atom stereocenters. The molecule has 0 saturated carbocycles. The van der Waals surface area contributed by atoms with Gasteiger partial charge in [0.2, 0.25) is 5.95 Å². The number of aliphatic hydroxyl groups excluding tert-OH is 1. The summed E-state index contributed by atoms with van der Waals surface area (Å²) in [5.74, 6) is 3.78. The first-order chi connectivity index (χ1) is 17.4. The SMILES string of the molecule is CC(C)c1ccc(N2CC(CS(C)=O)C2)c2cnc(Nc3ccnc(N4CCCC(O)CC4)n3)cc12. The minimum atomic E-state index is -0.753. The van der Waals surface area contributed by atoms with E-state index in [0.29, 0.717) is 23.6 Å². The second kappa shape index (κ2) is 10.7. The van der Waals surface area contributed by atoms with Crippen LogP contribution in [-0.4, -0.2) is 68.6 Å². The van der Waals surface area contributed by atoms with E-state index in [1.165, 1.54) is 16.6 Å². The summed E-state index contributed by atoms with van der Waals surface area (Å²) in [6.45, 7) is 7.91. The van der Waals surface area contributed by atoms with Crippen LogP contribution in [-0.2, 0) is 10.8 Å². The third kappa shape index (κ3) is 5.47. The molecule has 1 aromatic carbocycles. The van der Waals surface area contributed by atoms with Gasteiger partial charge in [0, 0.05) is 78.4 Å². The van der Waals surface area contributed by atoms with Gasteiger partial charge in [-0.05, 0) is 54.3 Å². The van der Waals surface area contributed by atoms with Gasteiger partial charge in [-0.1, -0.05) is 19.9 Å². The highest BCUT2D eigenvalue weighted by Crippen LogP contribution is 2.37. The Bertz CT molecular complexity index is 1250. The van der Waals surface area contributed by atoms with E-state index < -0.39 is 10.8 Å². The molecule has 2 saturated heterocycles. The second-order valence-electron chi connectivity index (χ2n) is 10.4. The summed E-state index contributed by atoms with van der Waals surface area (Å²) in [6.07, 6.45) is 7.77. The van der Waals surface area contributed by atoms with E-state index in [0.717, 1.165) is 62.4 Å². The second-order valence-corrected chi connectivity index (χ2v) is 11.9. The Kier molecular flexibility index (Phi) is 7.39. The molecule has 3 aromatic rings. The molecule has 2 aromatic heterocycles. The Hall–Kier alpha value is -2.78. The lowest BCUT2D eigenvalue weighted by molar-refractivity contribution is 0.161. The van der Waals surface area contributed by atoms with Crippen molar-refractivity contribution < 1.29 is 9.32 Å². The van der Waals surface area contributed by atoms with Crippen LogP contribution in [0.5, 0.6) is 0 Å². The summed E-state index contributed by atoms with van der Waals surface area (Å²) in [5.41, 5.74) is 2.48. The number of hydrogen-bond acceptors (Lipinski definition) is 8. The predicted molar refractivity (Wildman–Crippen MR) is 148 cm³/mol. The lowest BCUT2D eigenvalue weighted by Crippen LogP contribution is -2.49. The van der Waals surface area contributed by atoms with E-state index in [9.17, 15) is 9.32 Å². The van der Waals surface area contributed by atoms with Crippen LogP contribution in [0.15, 0.2) is 36.7 Å². The van der Waals surface area contributed by atoms with Crippen LogP contribution in [0, 0.1) is 5.92 Å². The summed E-state index contributed by atoms with van der Waals surface area (Å²) in [6, 6.07) is 8.42. The first kappa shape index (κ1) is 24.9. The van der Waals surface area contributed by atoms with Gasteiger partial charge in [-0.25, -0.2) is 9.97 Å². The van der Waals surface area contributed by atoms with Crippen molar-refractivity contribution in [2.45, 2.75) is 45.1 Å². The molecular formula is C27H36N6O2S. The van der Waals surface area contributed by atoms with E-state index in [2.05, 4.69) is 52.1 Å². The van der Waals surface area contributed by atoms with Gasteiger partial charge in [-0.3, -0.25) is 4.21 Å². The van der Waals surface area contributed by atoms with Gasteiger partial charge in [0.15, 0.2) is 0 Å². The minimum absolute atomic E-state index is 0.240. The standard InChI is InChI=1S/C27H36N6O2S/c1-18(2)21-6-7-24(33-15-19(16-33)17-36(3)35)23-14-29-26(13-22(21)23)30-25-8-10-28-27(31-25)32-11-4-5-20(34)9-12-32/h6-8,10,13-14,18-20,34H,4-5,9,11-12,15-17H2,1-3H3,(H,28,29,30,31).